The number of amides is 2. The third-order valence-electron chi connectivity index (χ3n) is 3.24. The molecule has 2 amide bonds. The summed E-state index contributed by atoms with van der Waals surface area (Å²) in [4.78, 5) is 16.9. The smallest absolute Gasteiger partial charge is 0.315 e. The lowest BCUT2D eigenvalue weighted by Gasteiger charge is -2.24. The van der Waals surface area contributed by atoms with Crippen LogP contribution < -0.4 is 10.6 Å². The van der Waals surface area contributed by atoms with Crippen LogP contribution in [-0.2, 0) is 12.1 Å². The van der Waals surface area contributed by atoms with E-state index in [0.29, 0.717) is 6.54 Å². The lowest BCUT2D eigenvalue weighted by molar-refractivity contribution is 0.0594. The molecule has 0 bridgehead atoms. The predicted molar refractivity (Wildman–Crippen MR) is 83.1 cm³/mol. The highest BCUT2D eigenvalue weighted by molar-refractivity contribution is 7.09. The van der Waals surface area contributed by atoms with Crippen molar-refractivity contribution in [3.8, 4) is 0 Å². The molecule has 0 radical (unpaired) electrons. The molecule has 0 aliphatic rings. The van der Waals surface area contributed by atoms with Gasteiger partial charge in [-0.05, 0) is 19.4 Å². The average molecular weight is 305 g/mol. The molecule has 0 aliphatic carbocycles. The minimum atomic E-state index is -1.10. The third-order valence-corrected chi connectivity index (χ3v) is 4.18. The van der Waals surface area contributed by atoms with Crippen molar-refractivity contribution in [1.82, 2.24) is 15.6 Å². The van der Waals surface area contributed by atoms with Crippen LogP contribution >= 0.6 is 11.3 Å². The van der Waals surface area contributed by atoms with E-state index in [0.717, 1.165) is 16.1 Å². The van der Waals surface area contributed by atoms with E-state index < -0.39 is 5.60 Å². The first-order chi connectivity index (χ1) is 9.99. The molecule has 2 rings (SSSR count). The van der Waals surface area contributed by atoms with Crippen molar-refractivity contribution in [3.63, 3.8) is 0 Å². The van der Waals surface area contributed by atoms with E-state index in [4.69, 9.17) is 0 Å². The summed E-state index contributed by atoms with van der Waals surface area (Å²) in [5, 5.41) is 15.8. The maximum absolute atomic E-state index is 11.8. The SMILES string of the molecule is Cc1ncsc1CNC(=O)NCC(C)(O)c1ccccc1. The highest BCUT2D eigenvalue weighted by Gasteiger charge is 2.23. The Morgan fingerprint density at radius 3 is 2.67 bits per heavy atom. The number of carbonyl (C=O) groups is 1. The summed E-state index contributed by atoms with van der Waals surface area (Å²) in [5.74, 6) is 0. The molecule has 0 aliphatic heterocycles. The summed E-state index contributed by atoms with van der Waals surface area (Å²) in [5.41, 5.74) is 2.35. The number of carbonyl (C=O) groups excluding carboxylic acids is 1. The van der Waals surface area contributed by atoms with Gasteiger partial charge in [0.2, 0.25) is 0 Å². The average Bonchev–Trinajstić information content (AvgIpc) is 2.89. The van der Waals surface area contributed by atoms with Gasteiger partial charge in [-0.25, -0.2) is 9.78 Å². The monoisotopic (exact) mass is 305 g/mol. The van der Waals surface area contributed by atoms with Crippen LogP contribution in [0.2, 0.25) is 0 Å². The second-order valence-electron chi connectivity index (χ2n) is 5.04. The molecule has 1 unspecified atom stereocenters. The van der Waals surface area contributed by atoms with Gasteiger partial charge in [0.25, 0.3) is 0 Å². The Balaban J connectivity index is 1.82. The number of nitrogens with one attached hydrogen (secondary N) is 2. The number of aliphatic hydroxyl groups is 1. The van der Waals surface area contributed by atoms with Gasteiger partial charge in [-0.3, -0.25) is 0 Å². The predicted octanol–water partition coefficient (Wildman–Crippen LogP) is 2.16. The van der Waals surface area contributed by atoms with Crippen LogP contribution in [0.15, 0.2) is 35.8 Å². The maximum Gasteiger partial charge on any atom is 0.315 e. The highest BCUT2D eigenvalue weighted by atomic mass is 32.1. The molecule has 6 heteroatoms. The summed E-state index contributed by atoms with van der Waals surface area (Å²) in [7, 11) is 0. The minimum absolute atomic E-state index is 0.143. The summed E-state index contributed by atoms with van der Waals surface area (Å²) in [6, 6.07) is 8.96. The van der Waals surface area contributed by atoms with Crippen molar-refractivity contribution in [2.75, 3.05) is 6.54 Å². The molecule has 3 N–H and O–H groups in total. The molecule has 2 aromatic rings. The number of hydrogen-bond donors (Lipinski definition) is 3. The zero-order valence-electron chi connectivity index (χ0n) is 12.1. The Kier molecular flexibility index (Phi) is 4.93. The van der Waals surface area contributed by atoms with Crippen molar-refractivity contribution in [3.05, 3.63) is 52.0 Å². The molecule has 1 aromatic carbocycles. The minimum Gasteiger partial charge on any atom is -0.384 e. The van der Waals surface area contributed by atoms with E-state index in [1.54, 1.807) is 12.4 Å². The largest absolute Gasteiger partial charge is 0.384 e. The number of urea groups is 1. The Morgan fingerprint density at radius 1 is 1.33 bits per heavy atom. The number of aryl methyl sites for hydroxylation is 1. The summed E-state index contributed by atoms with van der Waals surface area (Å²) < 4.78 is 0. The van der Waals surface area contributed by atoms with Gasteiger partial charge in [0.15, 0.2) is 0 Å². The first kappa shape index (κ1) is 15.5. The lowest BCUT2D eigenvalue weighted by Crippen LogP contribution is -2.43. The molecule has 0 spiro atoms. The Hall–Kier alpha value is -1.92. The second-order valence-corrected chi connectivity index (χ2v) is 5.98. The summed E-state index contributed by atoms with van der Waals surface area (Å²) in [6.07, 6.45) is 0. The van der Waals surface area contributed by atoms with Crippen molar-refractivity contribution in [1.29, 1.82) is 0 Å². The normalized spacial score (nSPS) is 13.5. The first-order valence-electron chi connectivity index (χ1n) is 6.67. The molecular formula is C15H19N3O2S. The van der Waals surface area contributed by atoms with Crippen LogP contribution in [0.4, 0.5) is 4.79 Å². The molecule has 0 fully saturated rings. The molecule has 0 saturated carbocycles. The van der Waals surface area contributed by atoms with Crippen LogP contribution in [0.25, 0.3) is 0 Å². The van der Waals surface area contributed by atoms with Gasteiger partial charge in [-0.2, -0.15) is 0 Å². The molecule has 112 valence electrons. The Labute approximate surface area is 128 Å². The van der Waals surface area contributed by atoms with Crippen LogP contribution in [0.3, 0.4) is 0 Å². The number of hydrogen-bond acceptors (Lipinski definition) is 4. The van der Waals surface area contributed by atoms with E-state index in [-0.39, 0.29) is 12.6 Å². The topological polar surface area (TPSA) is 74.2 Å². The van der Waals surface area contributed by atoms with E-state index in [1.807, 2.05) is 37.3 Å². The maximum atomic E-state index is 11.8. The number of nitrogens with zero attached hydrogens (tertiary/aromatic N) is 1. The zero-order valence-corrected chi connectivity index (χ0v) is 12.9. The van der Waals surface area contributed by atoms with Gasteiger partial charge in [0.05, 0.1) is 24.3 Å². The van der Waals surface area contributed by atoms with Crippen LogP contribution in [-0.4, -0.2) is 22.7 Å². The van der Waals surface area contributed by atoms with Crippen molar-refractivity contribution in [2.45, 2.75) is 26.0 Å². The first-order valence-corrected chi connectivity index (χ1v) is 7.55. The number of aromatic nitrogens is 1. The van der Waals surface area contributed by atoms with Crippen LogP contribution in [0.1, 0.15) is 23.1 Å². The highest BCUT2D eigenvalue weighted by Crippen LogP contribution is 2.18. The quantitative estimate of drug-likeness (QED) is 0.792. The van der Waals surface area contributed by atoms with Gasteiger partial charge in [-0.15, -0.1) is 11.3 Å². The molecular weight excluding hydrogens is 286 g/mol. The number of thiazole rings is 1. The fourth-order valence-electron chi connectivity index (χ4n) is 1.87. The Morgan fingerprint density at radius 2 is 2.05 bits per heavy atom. The molecule has 21 heavy (non-hydrogen) atoms. The van der Waals surface area contributed by atoms with Crippen molar-refractivity contribution < 1.29 is 9.90 Å². The standard InChI is InChI=1S/C15H19N3O2S/c1-11-13(21-10-18-11)8-16-14(19)17-9-15(2,20)12-6-4-3-5-7-12/h3-7,10,20H,8-9H2,1-2H3,(H2,16,17,19). The second kappa shape index (κ2) is 6.69. The summed E-state index contributed by atoms with van der Waals surface area (Å²) in [6.45, 7) is 4.17. The van der Waals surface area contributed by atoms with Crippen molar-refractivity contribution >= 4 is 17.4 Å². The van der Waals surface area contributed by atoms with Gasteiger partial charge >= 0.3 is 6.03 Å². The molecule has 1 heterocycles. The number of rotatable bonds is 5. The van der Waals surface area contributed by atoms with Gasteiger partial charge in [0.1, 0.15) is 5.60 Å². The molecule has 1 aromatic heterocycles. The fourth-order valence-corrected chi connectivity index (χ4v) is 2.59. The van der Waals surface area contributed by atoms with E-state index in [2.05, 4.69) is 15.6 Å². The lowest BCUT2D eigenvalue weighted by atomic mass is 9.96. The van der Waals surface area contributed by atoms with Crippen LogP contribution in [0, 0.1) is 6.92 Å². The molecule has 0 saturated heterocycles. The van der Waals surface area contributed by atoms with Crippen LogP contribution in [0.5, 0.6) is 0 Å². The molecule has 5 nitrogen and oxygen atoms in total. The molecule has 1 atom stereocenters. The van der Waals surface area contributed by atoms with E-state index >= 15 is 0 Å². The van der Waals surface area contributed by atoms with Gasteiger partial charge in [0, 0.05) is 4.88 Å². The third kappa shape index (κ3) is 4.27. The Bertz CT molecular complexity index is 596. The van der Waals surface area contributed by atoms with E-state index in [9.17, 15) is 9.90 Å². The number of benzene rings is 1. The zero-order chi connectivity index (χ0) is 15.3. The van der Waals surface area contributed by atoms with Crippen molar-refractivity contribution in [2.24, 2.45) is 0 Å². The van der Waals surface area contributed by atoms with E-state index in [1.165, 1.54) is 11.3 Å². The fraction of sp³-hybridized carbons (Fsp3) is 0.333. The van der Waals surface area contributed by atoms with Gasteiger partial charge < -0.3 is 15.7 Å². The van der Waals surface area contributed by atoms with Gasteiger partial charge in [-0.1, -0.05) is 30.3 Å². The summed E-state index contributed by atoms with van der Waals surface area (Å²) >= 11 is 1.51.